The predicted molar refractivity (Wildman–Crippen MR) is 202 cm³/mol. The fraction of sp³-hybridized carbons (Fsp3) is 0.350. The molecular weight excluding hydrogens is 720 g/mol. The topological polar surface area (TPSA) is 191 Å². The lowest BCUT2D eigenvalue weighted by Crippen LogP contribution is -2.18. The van der Waals surface area contributed by atoms with E-state index in [4.69, 9.17) is 18.9 Å². The zero-order valence-electron chi connectivity index (χ0n) is 31.9. The van der Waals surface area contributed by atoms with Gasteiger partial charge in [-0.05, 0) is 61.1 Å². The molecule has 0 saturated heterocycles. The lowest BCUT2D eigenvalue weighted by atomic mass is 10.1. The van der Waals surface area contributed by atoms with E-state index in [1.807, 2.05) is 48.5 Å². The summed E-state index contributed by atoms with van der Waals surface area (Å²) in [6.07, 6.45) is 0. The minimum absolute atomic E-state index is 0.0349. The summed E-state index contributed by atoms with van der Waals surface area (Å²) in [6, 6.07) is 24.2. The van der Waals surface area contributed by atoms with Gasteiger partial charge in [0.1, 0.15) is 0 Å². The summed E-state index contributed by atoms with van der Waals surface area (Å²) in [7, 11) is 0. The van der Waals surface area contributed by atoms with Crippen molar-refractivity contribution < 1.29 is 38.1 Å². The highest BCUT2D eigenvalue weighted by molar-refractivity contribution is 6.01. The standard InChI is InChI=1S/C40H46N8O8/c1-5-53-37(49)33-35(39(51)55-7-3)47(45-43-33)25-31-17-13-29(14-18-31)23-41-21-27-9-11-28(12-10-27)22-42-24-30-15-19-32(20-16-30)26-48-36(40(52)56-8-4)34(44-46-48)38(50)54-6-2/h9-20,41-42H,5-8,21-26H2,1-4H3. The lowest BCUT2D eigenvalue weighted by Gasteiger charge is -2.10. The number of esters is 4. The second-order valence-corrected chi connectivity index (χ2v) is 12.4. The fourth-order valence-corrected chi connectivity index (χ4v) is 5.67. The normalized spacial score (nSPS) is 10.9. The Hall–Kier alpha value is -6.26. The second-order valence-electron chi connectivity index (χ2n) is 12.4. The van der Waals surface area contributed by atoms with E-state index in [9.17, 15) is 19.2 Å². The summed E-state index contributed by atoms with van der Waals surface area (Å²) in [5.74, 6) is -2.81. The van der Waals surface area contributed by atoms with Gasteiger partial charge >= 0.3 is 23.9 Å². The van der Waals surface area contributed by atoms with E-state index < -0.39 is 23.9 Å². The summed E-state index contributed by atoms with van der Waals surface area (Å²) >= 11 is 0. The van der Waals surface area contributed by atoms with Crippen LogP contribution in [0.15, 0.2) is 72.8 Å². The summed E-state index contributed by atoms with van der Waals surface area (Å²) in [4.78, 5) is 49.9. The molecule has 5 aromatic rings. The van der Waals surface area contributed by atoms with Crippen molar-refractivity contribution in [3.8, 4) is 0 Å². The van der Waals surface area contributed by atoms with E-state index in [-0.39, 0.29) is 62.3 Å². The Bertz CT molecular complexity index is 1930. The molecule has 56 heavy (non-hydrogen) atoms. The van der Waals surface area contributed by atoms with E-state index in [1.54, 1.807) is 27.7 Å². The van der Waals surface area contributed by atoms with E-state index >= 15 is 0 Å². The highest BCUT2D eigenvalue weighted by atomic mass is 16.5. The van der Waals surface area contributed by atoms with E-state index in [2.05, 4.69) is 55.5 Å². The van der Waals surface area contributed by atoms with Crippen molar-refractivity contribution in [3.05, 3.63) is 129 Å². The first-order valence-corrected chi connectivity index (χ1v) is 18.4. The molecule has 16 nitrogen and oxygen atoms in total. The van der Waals surface area contributed by atoms with Crippen molar-refractivity contribution in [2.45, 2.75) is 67.0 Å². The van der Waals surface area contributed by atoms with Crippen LogP contribution in [0, 0.1) is 0 Å². The Kier molecular flexibility index (Phi) is 14.9. The molecule has 0 aliphatic heterocycles. The van der Waals surface area contributed by atoms with E-state index in [0.29, 0.717) is 26.2 Å². The van der Waals surface area contributed by atoms with Gasteiger partial charge in [-0.2, -0.15) is 0 Å². The molecule has 0 aliphatic rings. The number of carbonyl (C=O) groups excluding carboxylic acids is 4. The molecule has 16 heteroatoms. The van der Waals surface area contributed by atoms with Gasteiger partial charge in [-0.25, -0.2) is 28.5 Å². The van der Waals surface area contributed by atoms with Gasteiger partial charge in [-0.1, -0.05) is 83.2 Å². The summed E-state index contributed by atoms with van der Waals surface area (Å²) in [5, 5.41) is 22.8. The van der Waals surface area contributed by atoms with Gasteiger partial charge in [-0.15, -0.1) is 10.2 Å². The van der Waals surface area contributed by atoms with Crippen LogP contribution in [0.3, 0.4) is 0 Å². The molecule has 0 radical (unpaired) electrons. The van der Waals surface area contributed by atoms with Crippen LogP contribution >= 0.6 is 0 Å². The van der Waals surface area contributed by atoms with Gasteiger partial charge in [0.15, 0.2) is 11.4 Å². The number of hydrogen-bond acceptors (Lipinski definition) is 14. The second kappa shape index (κ2) is 20.4. The van der Waals surface area contributed by atoms with Gasteiger partial charge in [0.2, 0.25) is 11.4 Å². The maximum Gasteiger partial charge on any atom is 0.361 e. The number of aromatic nitrogens is 6. The number of carbonyl (C=O) groups is 4. The maximum absolute atomic E-state index is 12.6. The van der Waals surface area contributed by atoms with Crippen LogP contribution in [0.25, 0.3) is 0 Å². The third-order valence-electron chi connectivity index (χ3n) is 8.40. The molecule has 294 valence electrons. The number of benzene rings is 3. The smallest absolute Gasteiger partial charge is 0.361 e. The Morgan fingerprint density at radius 1 is 0.446 bits per heavy atom. The van der Waals surface area contributed by atoms with Crippen LogP contribution < -0.4 is 10.6 Å². The molecule has 3 aromatic carbocycles. The zero-order chi connectivity index (χ0) is 39.9. The zero-order valence-corrected chi connectivity index (χ0v) is 31.9. The molecule has 0 fully saturated rings. The molecule has 0 spiro atoms. The molecule has 0 unspecified atom stereocenters. The van der Waals surface area contributed by atoms with E-state index in [0.717, 1.165) is 33.4 Å². The number of nitrogens with zero attached hydrogens (tertiary/aromatic N) is 6. The van der Waals surface area contributed by atoms with Crippen LogP contribution in [0.5, 0.6) is 0 Å². The van der Waals surface area contributed by atoms with Gasteiger partial charge in [0.05, 0.1) is 39.5 Å². The van der Waals surface area contributed by atoms with Crippen LogP contribution in [0.4, 0.5) is 0 Å². The molecule has 2 heterocycles. The SMILES string of the molecule is CCOC(=O)c1nnn(Cc2ccc(CNCc3ccc(CNCc4ccc(Cn5nnc(C(=O)OCC)c5C(=O)OCC)cc4)cc3)cc2)c1C(=O)OCC. The molecule has 0 saturated carbocycles. The van der Waals surface area contributed by atoms with Crippen molar-refractivity contribution in [1.29, 1.82) is 0 Å². The lowest BCUT2D eigenvalue weighted by molar-refractivity contribution is 0.0467. The summed E-state index contributed by atoms with van der Waals surface area (Å²) in [5.41, 5.74) is 5.84. The van der Waals surface area contributed by atoms with Gasteiger partial charge in [-0.3, -0.25) is 0 Å². The highest BCUT2D eigenvalue weighted by Gasteiger charge is 2.29. The Labute approximate surface area is 324 Å². The average molecular weight is 767 g/mol. The first kappa shape index (κ1) is 40.9. The Morgan fingerprint density at radius 2 is 0.714 bits per heavy atom. The van der Waals surface area contributed by atoms with Crippen molar-refractivity contribution in [1.82, 2.24) is 40.6 Å². The van der Waals surface area contributed by atoms with Crippen LogP contribution in [-0.2, 0) is 58.2 Å². The fourth-order valence-electron chi connectivity index (χ4n) is 5.67. The van der Waals surface area contributed by atoms with Gasteiger partial charge < -0.3 is 29.6 Å². The first-order valence-electron chi connectivity index (χ1n) is 18.4. The molecular formula is C40H46N8O8. The minimum Gasteiger partial charge on any atom is -0.461 e. The molecule has 0 atom stereocenters. The number of hydrogen-bond donors (Lipinski definition) is 2. The summed E-state index contributed by atoms with van der Waals surface area (Å²) < 4.78 is 23.0. The molecule has 0 aliphatic carbocycles. The quantitative estimate of drug-likeness (QED) is 0.0844. The Balaban J connectivity index is 1.06. The molecule has 5 rings (SSSR count). The van der Waals surface area contributed by atoms with Crippen molar-refractivity contribution in [3.63, 3.8) is 0 Å². The van der Waals surface area contributed by atoms with Crippen molar-refractivity contribution in [2.75, 3.05) is 26.4 Å². The van der Waals surface area contributed by atoms with E-state index in [1.165, 1.54) is 9.36 Å². The van der Waals surface area contributed by atoms with Crippen LogP contribution in [0.2, 0.25) is 0 Å². The average Bonchev–Trinajstić information content (AvgIpc) is 3.82. The van der Waals surface area contributed by atoms with Crippen LogP contribution in [0.1, 0.15) is 103 Å². The third-order valence-corrected chi connectivity index (χ3v) is 8.40. The number of ether oxygens (including phenoxy) is 4. The summed E-state index contributed by atoms with van der Waals surface area (Å²) in [6.45, 7) is 10.5. The number of nitrogens with one attached hydrogen (secondary N) is 2. The predicted octanol–water partition coefficient (Wildman–Crippen LogP) is 4.25. The largest absolute Gasteiger partial charge is 0.461 e. The van der Waals surface area contributed by atoms with Gasteiger partial charge in [0, 0.05) is 26.2 Å². The maximum atomic E-state index is 12.6. The molecule has 2 aromatic heterocycles. The molecule has 0 amide bonds. The number of rotatable bonds is 20. The van der Waals surface area contributed by atoms with Gasteiger partial charge in [0.25, 0.3) is 0 Å². The van der Waals surface area contributed by atoms with Crippen molar-refractivity contribution >= 4 is 23.9 Å². The third kappa shape index (κ3) is 10.9. The molecule has 2 N–H and O–H groups in total. The Morgan fingerprint density at radius 3 is 1.00 bits per heavy atom. The van der Waals surface area contributed by atoms with Crippen LogP contribution in [-0.4, -0.2) is 80.3 Å². The van der Waals surface area contributed by atoms with Crippen molar-refractivity contribution in [2.24, 2.45) is 0 Å². The minimum atomic E-state index is -0.723. The monoisotopic (exact) mass is 766 g/mol. The first-order chi connectivity index (χ1) is 27.2. The highest BCUT2D eigenvalue weighted by Crippen LogP contribution is 2.16. The molecule has 0 bridgehead atoms.